The fourth-order valence-corrected chi connectivity index (χ4v) is 4.05. The number of nitrogens with two attached hydrogens (primary N) is 1. The van der Waals surface area contributed by atoms with E-state index in [1.54, 1.807) is 7.11 Å². The highest BCUT2D eigenvalue weighted by Gasteiger charge is 2.39. The minimum absolute atomic E-state index is 0.777. The maximum Gasteiger partial charge on any atom is 0.118 e. The number of nitrogens with zero attached hydrogens (tertiary/aromatic N) is 1. The van der Waals surface area contributed by atoms with Crippen molar-refractivity contribution in [1.29, 1.82) is 0 Å². The fourth-order valence-electron chi connectivity index (χ4n) is 4.05. The van der Waals surface area contributed by atoms with E-state index in [-0.39, 0.29) is 0 Å². The molecule has 3 fully saturated rings. The summed E-state index contributed by atoms with van der Waals surface area (Å²) in [5.41, 5.74) is 7.15. The van der Waals surface area contributed by atoms with Crippen LogP contribution < -0.4 is 10.5 Å². The van der Waals surface area contributed by atoms with E-state index >= 15 is 0 Å². The smallest absolute Gasteiger partial charge is 0.118 e. The van der Waals surface area contributed by atoms with Gasteiger partial charge in [0.05, 0.1) is 7.11 Å². The molecule has 0 spiro atoms. The van der Waals surface area contributed by atoms with E-state index in [4.69, 9.17) is 10.5 Å². The van der Waals surface area contributed by atoms with Gasteiger partial charge in [0.15, 0.2) is 0 Å². The van der Waals surface area contributed by atoms with Crippen molar-refractivity contribution in [2.24, 2.45) is 17.6 Å². The number of fused-ring (bicyclic) bond motifs is 3. The molecule has 1 saturated carbocycles. The maximum absolute atomic E-state index is 5.75. The van der Waals surface area contributed by atoms with Crippen molar-refractivity contribution >= 4 is 0 Å². The Balaban J connectivity index is 1.61. The van der Waals surface area contributed by atoms with Crippen molar-refractivity contribution in [3.63, 3.8) is 0 Å². The molecular weight excluding hydrogens is 248 g/mol. The van der Waals surface area contributed by atoms with Crippen LogP contribution in [0.2, 0.25) is 0 Å². The summed E-state index contributed by atoms with van der Waals surface area (Å²) in [4.78, 5) is 2.68. The van der Waals surface area contributed by atoms with E-state index in [9.17, 15) is 0 Å². The summed E-state index contributed by atoms with van der Waals surface area (Å²) >= 11 is 0. The zero-order valence-electron chi connectivity index (χ0n) is 12.4. The van der Waals surface area contributed by atoms with Crippen LogP contribution in [0.3, 0.4) is 0 Å². The molecule has 3 aliphatic rings. The average molecular weight is 274 g/mol. The highest BCUT2D eigenvalue weighted by molar-refractivity contribution is 5.27. The number of hydrogen-bond donors (Lipinski definition) is 1. The number of rotatable bonds is 5. The number of piperidine rings is 2. The minimum atomic E-state index is 0.777. The molecule has 4 rings (SSSR count). The lowest BCUT2D eigenvalue weighted by Gasteiger charge is -2.50. The van der Waals surface area contributed by atoms with Crippen molar-refractivity contribution in [2.75, 3.05) is 20.2 Å². The first-order chi connectivity index (χ1) is 9.80. The van der Waals surface area contributed by atoms with E-state index < -0.39 is 0 Å². The Kier molecular flexibility index (Phi) is 4.27. The number of methoxy groups -OCH3 is 1. The van der Waals surface area contributed by atoms with Gasteiger partial charge in [-0.2, -0.15) is 0 Å². The lowest BCUT2D eigenvalue weighted by molar-refractivity contribution is -0.00224. The van der Waals surface area contributed by atoms with Gasteiger partial charge in [0, 0.05) is 19.1 Å². The molecule has 2 heterocycles. The van der Waals surface area contributed by atoms with E-state index in [0.29, 0.717) is 0 Å². The first kappa shape index (κ1) is 13.9. The highest BCUT2D eigenvalue weighted by Crippen LogP contribution is 2.41. The topological polar surface area (TPSA) is 38.5 Å². The second-order valence-corrected chi connectivity index (χ2v) is 6.34. The summed E-state index contributed by atoms with van der Waals surface area (Å²) in [6.07, 6.45) is 5.37. The molecule has 3 heteroatoms. The van der Waals surface area contributed by atoms with Gasteiger partial charge in [-0.25, -0.2) is 0 Å². The number of ether oxygens (including phenoxy) is 1. The first-order valence-corrected chi connectivity index (χ1v) is 7.87. The van der Waals surface area contributed by atoms with Crippen LogP contribution >= 0.6 is 0 Å². The van der Waals surface area contributed by atoms with E-state index in [1.165, 1.54) is 37.8 Å². The van der Waals surface area contributed by atoms with Gasteiger partial charge in [0.1, 0.15) is 5.75 Å². The maximum atomic E-state index is 5.75. The van der Waals surface area contributed by atoms with Crippen LogP contribution in [0.1, 0.15) is 31.2 Å². The molecule has 1 aliphatic carbocycles. The second-order valence-electron chi connectivity index (χ2n) is 6.34. The van der Waals surface area contributed by atoms with Gasteiger partial charge in [0.2, 0.25) is 0 Å². The van der Waals surface area contributed by atoms with Gasteiger partial charge in [-0.15, -0.1) is 0 Å². The Labute approximate surface area is 122 Å². The molecule has 0 amide bonds. The normalized spacial score (nSPS) is 29.6. The summed E-state index contributed by atoms with van der Waals surface area (Å²) in [5.74, 6) is 2.70. The minimum Gasteiger partial charge on any atom is -0.497 e. The monoisotopic (exact) mass is 274 g/mol. The predicted octanol–water partition coefficient (Wildman–Crippen LogP) is 2.64. The van der Waals surface area contributed by atoms with Crippen LogP contribution in [0, 0.1) is 11.8 Å². The number of hydrogen-bond acceptors (Lipinski definition) is 3. The summed E-state index contributed by atoms with van der Waals surface area (Å²) < 4.78 is 5.22. The molecule has 20 heavy (non-hydrogen) atoms. The zero-order chi connectivity index (χ0) is 13.9. The van der Waals surface area contributed by atoms with Crippen LogP contribution in [0.5, 0.6) is 5.75 Å². The average Bonchev–Trinajstić information content (AvgIpc) is 2.50. The molecule has 2 bridgehead atoms. The third-order valence-electron chi connectivity index (χ3n) is 5.18. The van der Waals surface area contributed by atoms with Crippen LogP contribution in [0.4, 0.5) is 0 Å². The standard InChI is InChI=1S/C17H26N2O/c1-20-17-6-2-13(3-7-17)11-19-12-15-4-5-16(19)10-14(15)8-9-18/h2-3,6-7,14-16H,4-5,8-12,18H2,1H3. The van der Waals surface area contributed by atoms with Crippen molar-refractivity contribution in [2.45, 2.75) is 38.3 Å². The van der Waals surface area contributed by atoms with Gasteiger partial charge in [-0.05, 0) is 61.8 Å². The molecule has 0 radical (unpaired) electrons. The summed E-state index contributed by atoms with van der Waals surface area (Å²) in [6.45, 7) is 3.20. The van der Waals surface area contributed by atoms with Crippen LogP contribution in [-0.2, 0) is 6.54 Å². The third-order valence-corrected chi connectivity index (χ3v) is 5.18. The third kappa shape index (κ3) is 2.84. The SMILES string of the molecule is COc1ccc(CN2CC3CCC2CC3CCN)cc1. The zero-order valence-corrected chi connectivity index (χ0v) is 12.4. The Morgan fingerprint density at radius 1 is 1.25 bits per heavy atom. The highest BCUT2D eigenvalue weighted by atomic mass is 16.5. The molecule has 3 unspecified atom stereocenters. The molecule has 3 atom stereocenters. The predicted molar refractivity (Wildman–Crippen MR) is 81.7 cm³/mol. The largest absolute Gasteiger partial charge is 0.497 e. The Morgan fingerprint density at radius 2 is 2.05 bits per heavy atom. The second kappa shape index (κ2) is 6.15. The van der Waals surface area contributed by atoms with Crippen LogP contribution in [0.15, 0.2) is 24.3 Å². The van der Waals surface area contributed by atoms with E-state index in [0.717, 1.165) is 36.7 Å². The quantitative estimate of drug-likeness (QED) is 0.897. The Hall–Kier alpha value is -1.06. The molecular formula is C17H26N2O. The fraction of sp³-hybridized carbons (Fsp3) is 0.647. The molecule has 2 N–H and O–H groups in total. The number of benzene rings is 1. The van der Waals surface area contributed by atoms with E-state index in [1.807, 2.05) is 0 Å². The first-order valence-electron chi connectivity index (χ1n) is 7.87. The molecule has 3 nitrogen and oxygen atoms in total. The van der Waals surface area contributed by atoms with Crippen molar-refractivity contribution in [1.82, 2.24) is 4.90 Å². The molecule has 1 aromatic carbocycles. The van der Waals surface area contributed by atoms with Gasteiger partial charge in [-0.3, -0.25) is 4.90 Å². The molecule has 2 aliphatic heterocycles. The Morgan fingerprint density at radius 3 is 2.65 bits per heavy atom. The summed E-state index contributed by atoms with van der Waals surface area (Å²) in [6, 6.07) is 9.29. The van der Waals surface area contributed by atoms with Crippen LogP contribution in [-0.4, -0.2) is 31.1 Å². The van der Waals surface area contributed by atoms with E-state index in [2.05, 4.69) is 29.2 Å². The molecule has 0 aromatic heterocycles. The van der Waals surface area contributed by atoms with Crippen molar-refractivity contribution < 1.29 is 4.74 Å². The van der Waals surface area contributed by atoms with Crippen molar-refractivity contribution in [3.8, 4) is 5.75 Å². The molecule has 110 valence electrons. The van der Waals surface area contributed by atoms with Crippen LogP contribution in [0.25, 0.3) is 0 Å². The lowest BCUT2D eigenvalue weighted by atomic mass is 9.70. The Bertz CT molecular complexity index is 431. The summed E-state index contributed by atoms with van der Waals surface area (Å²) in [7, 11) is 1.72. The van der Waals surface area contributed by atoms with Gasteiger partial charge >= 0.3 is 0 Å². The summed E-state index contributed by atoms with van der Waals surface area (Å²) in [5, 5.41) is 0. The van der Waals surface area contributed by atoms with Crippen molar-refractivity contribution in [3.05, 3.63) is 29.8 Å². The molecule has 2 saturated heterocycles. The lowest BCUT2D eigenvalue weighted by Crippen LogP contribution is -2.51. The van der Waals surface area contributed by atoms with Gasteiger partial charge in [0.25, 0.3) is 0 Å². The molecule has 1 aromatic rings. The van der Waals surface area contributed by atoms with Gasteiger partial charge in [-0.1, -0.05) is 12.1 Å². The van der Waals surface area contributed by atoms with Gasteiger partial charge < -0.3 is 10.5 Å².